The van der Waals surface area contributed by atoms with E-state index in [1.807, 2.05) is 18.2 Å². The maximum absolute atomic E-state index is 13.3. The molecule has 0 atom stereocenters. The Morgan fingerprint density at radius 1 is 1.00 bits per heavy atom. The van der Waals surface area contributed by atoms with E-state index in [4.69, 9.17) is 15.5 Å². The molecule has 0 unspecified atom stereocenters. The third-order valence-electron chi connectivity index (χ3n) is 4.46. The molecule has 0 saturated heterocycles. The molecule has 3 aromatic rings. The molecule has 5 nitrogen and oxygen atoms in total. The number of benzene rings is 1. The topological polar surface area (TPSA) is 73.4 Å². The molecule has 0 saturated carbocycles. The zero-order chi connectivity index (χ0) is 18.8. The van der Waals surface area contributed by atoms with Crippen LogP contribution in [0.1, 0.15) is 23.1 Å². The number of anilines is 1. The van der Waals surface area contributed by atoms with Crippen molar-refractivity contribution in [2.24, 2.45) is 4.99 Å². The van der Waals surface area contributed by atoms with Gasteiger partial charge in [-0.3, -0.25) is 9.98 Å². The lowest BCUT2D eigenvalue weighted by molar-refractivity contribution is 0.415. The average Bonchev–Trinajstić information content (AvgIpc) is 3.15. The number of nitrogens with zero attached hydrogens (tertiary/aromatic N) is 3. The van der Waals surface area contributed by atoms with Crippen LogP contribution in [-0.4, -0.2) is 22.8 Å². The predicted octanol–water partition coefficient (Wildman–Crippen LogP) is 3.97. The fraction of sp³-hybridized carbons (Fsp3) is 0.0952. The van der Waals surface area contributed by atoms with Gasteiger partial charge in [-0.2, -0.15) is 0 Å². The van der Waals surface area contributed by atoms with E-state index in [0.29, 0.717) is 18.0 Å². The molecule has 4 rings (SSSR count). The maximum Gasteiger partial charge on any atom is 0.166 e. The molecule has 1 aromatic carbocycles. The van der Waals surface area contributed by atoms with E-state index in [1.54, 1.807) is 37.8 Å². The van der Waals surface area contributed by atoms with E-state index in [0.717, 1.165) is 33.7 Å². The normalized spacial score (nSPS) is 13.6. The molecule has 0 aliphatic carbocycles. The number of aliphatic imine (C=N–C) groups is 1. The summed E-state index contributed by atoms with van der Waals surface area (Å²) in [5, 5.41) is 0. The molecule has 0 amide bonds. The van der Waals surface area contributed by atoms with Crippen LogP contribution in [0.5, 0.6) is 5.75 Å². The molecular weight excluding hydrogens is 343 g/mol. The fourth-order valence-corrected chi connectivity index (χ4v) is 3.08. The van der Waals surface area contributed by atoms with Gasteiger partial charge in [-0.15, -0.1) is 0 Å². The second-order valence-corrected chi connectivity index (χ2v) is 6.12. The van der Waals surface area contributed by atoms with Crippen molar-refractivity contribution in [3.05, 3.63) is 83.6 Å². The largest absolute Gasteiger partial charge is 0.493 e. The second-order valence-electron chi connectivity index (χ2n) is 6.12. The molecule has 0 bridgehead atoms. The molecular formula is C21H17FN4O. The first-order valence-corrected chi connectivity index (χ1v) is 8.42. The van der Waals surface area contributed by atoms with E-state index < -0.39 is 0 Å². The number of hydrogen-bond acceptors (Lipinski definition) is 5. The Bertz CT molecular complexity index is 1040. The lowest BCUT2D eigenvalue weighted by Crippen LogP contribution is -1.98. The monoisotopic (exact) mass is 360 g/mol. The highest BCUT2D eigenvalue weighted by Crippen LogP contribution is 2.38. The van der Waals surface area contributed by atoms with E-state index >= 15 is 0 Å². The van der Waals surface area contributed by atoms with Crippen LogP contribution < -0.4 is 10.5 Å². The van der Waals surface area contributed by atoms with Crippen molar-refractivity contribution in [2.45, 2.75) is 6.42 Å². The molecule has 2 N–H and O–H groups in total. The van der Waals surface area contributed by atoms with Crippen molar-refractivity contribution in [1.82, 2.24) is 9.97 Å². The van der Waals surface area contributed by atoms with Crippen LogP contribution in [0.2, 0.25) is 0 Å². The number of methoxy groups -OCH3 is 1. The number of pyridine rings is 2. The van der Waals surface area contributed by atoms with Crippen LogP contribution in [0.25, 0.3) is 11.3 Å². The highest BCUT2D eigenvalue weighted by molar-refractivity contribution is 6.16. The Labute approximate surface area is 156 Å². The third-order valence-corrected chi connectivity index (χ3v) is 4.46. The Morgan fingerprint density at radius 2 is 1.74 bits per heavy atom. The summed E-state index contributed by atoms with van der Waals surface area (Å²) in [5.41, 5.74) is 11.3. The molecule has 6 heteroatoms. The van der Waals surface area contributed by atoms with E-state index in [9.17, 15) is 4.39 Å². The van der Waals surface area contributed by atoms with Crippen molar-refractivity contribution < 1.29 is 9.13 Å². The molecule has 0 fully saturated rings. The Hall–Kier alpha value is -3.54. The first kappa shape index (κ1) is 16.9. The third kappa shape index (κ3) is 3.29. The summed E-state index contributed by atoms with van der Waals surface area (Å²) >= 11 is 0. The van der Waals surface area contributed by atoms with Crippen molar-refractivity contribution >= 4 is 22.8 Å². The lowest BCUT2D eigenvalue weighted by atomic mass is 9.97. The molecule has 0 radical (unpaired) electrons. The number of ether oxygens (including phenoxy) is 1. The second kappa shape index (κ2) is 6.99. The number of nitrogen functional groups attached to an aromatic ring is 1. The van der Waals surface area contributed by atoms with Gasteiger partial charge in [-0.25, -0.2) is 9.37 Å². The number of aromatic nitrogens is 2. The number of allylic oxidation sites excluding steroid dienone is 1. The minimum atomic E-state index is -0.271. The number of nitrogens with two attached hydrogens (primary N) is 1. The van der Waals surface area contributed by atoms with Gasteiger partial charge in [0.25, 0.3) is 0 Å². The quantitative estimate of drug-likeness (QED) is 0.764. The summed E-state index contributed by atoms with van der Waals surface area (Å²) in [4.78, 5) is 13.1. The van der Waals surface area contributed by atoms with Crippen LogP contribution in [-0.2, 0) is 0 Å². The smallest absolute Gasteiger partial charge is 0.166 e. The highest BCUT2D eigenvalue weighted by atomic mass is 19.1. The summed E-state index contributed by atoms with van der Waals surface area (Å²) in [6.07, 6.45) is 5.80. The van der Waals surface area contributed by atoms with Crippen LogP contribution >= 0.6 is 0 Å². The lowest BCUT2D eigenvalue weighted by Gasteiger charge is -2.09. The van der Waals surface area contributed by atoms with E-state index in [2.05, 4.69) is 9.97 Å². The standard InChI is InChI=1S/C21H17FN4O/c1-27-19-10-15(12-25-21(19)23)20-17(13-6-8-24-9-7-13)11-18(26-20)14-2-4-16(22)5-3-14/h2-10,12H,11H2,1H3,(H2,23,25). The minimum absolute atomic E-state index is 0.271. The van der Waals surface area contributed by atoms with Gasteiger partial charge >= 0.3 is 0 Å². The first-order chi connectivity index (χ1) is 13.2. The summed E-state index contributed by atoms with van der Waals surface area (Å²) in [7, 11) is 1.55. The van der Waals surface area contributed by atoms with Crippen molar-refractivity contribution in [2.75, 3.05) is 12.8 Å². The van der Waals surface area contributed by atoms with E-state index in [-0.39, 0.29) is 5.82 Å². The average molecular weight is 360 g/mol. The van der Waals surface area contributed by atoms with Crippen molar-refractivity contribution in [3.8, 4) is 5.75 Å². The van der Waals surface area contributed by atoms with Gasteiger partial charge in [-0.05, 0) is 47.0 Å². The minimum Gasteiger partial charge on any atom is -0.493 e. The van der Waals surface area contributed by atoms with E-state index in [1.165, 1.54) is 12.1 Å². The van der Waals surface area contributed by atoms with Crippen LogP contribution in [0.3, 0.4) is 0 Å². The number of rotatable bonds is 4. The summed E-state index contributed by atoms with van der Waals surface area (Å²) < 4.78 is 18.6. The summed E-state index contributed by atoms with van der Waals surface area (Å²) in [5.74, 6) is 0.555. The van der Waals surface area contributed by atoms with Gasteiger partial charge in [0.05, 0.1) is 18.5 Å². The van der Waals surface area contributed by atoms with Gasteiger partial charge in [0.2, 0.25) is 0 Å². The molecule has 2 aromatic heterocycles. The van der Waals surface area contributed by atoms with Gasteiger partial charge in [-0.1, -0.05) is 12.1 Å². The Kier molecular flexibility index (Phi) is 4.38. The molecule has 1 aliphatic rings. The van der Waals surface area contributed by atoms with Crippen molar-refractivity contribution in [3.63, 3.8) is 0 Å². The fourth-order valence-electron chi connectivity index (χ4n) is 3.08. The maximum atomic E-state index is 13.3. The molecule has 0 spiro atoms. The zero-order valence-corrected chi connectivity index (χ0v) is 14.7. The van der Waals surface area contributed by atoms with Crippen LogP contribution in [0.15, 0.2) is 66.0 Å². The van der Waals surface area contributed by atoms with Gasteiger partial charge in [0, 0.05) is 30.6 Å². The molecule has 3 heterocycles. The predicted molar refractivity (Wildman–Crippen MR) is 104 cm³/mol. The van der Waals surface area contributed by atoms with Crippen molar-refractivity contribution in [1.29, 1.82) is 0 Å². The SMILES string of the molecule is COc1cc(C2=C(c3ccncc3)CC(c3ccc(F)cc3)=N2)cnc1N. The molecule has 1 aliphatic heterocycles. The molecule has 134 valence electrons. The Balaban J connectivity index is 1.83. The summed E-state index contributed by atoms with van der Waals surface area (Å²) in [6.45, 7) is 0. The molecule has 27 heavy (non-hydrogen) atoms. The highest BCUT2D eigenvalue weighted by Gasteiger charge is 2.22. The van der Waals surface area contributed by atoms with Crippen LogP contribution in [0, 0.1) is 5.82 Å². The van der Waals surface area contributed by atoms with Gasteiger partial charge < -0.3 is 10.5 Å². The van der Waals surface area contributed by atoms with Gasteiger partial charge in [0.1, 0.15) is 5.82 Å². The van der Waals surface area contributed by atoms with Crippen LogP contribution in [0.4, 0.5) is 10.2 Å². The number of halogens is 1. The summed E-state index contributed by atoms with van der Waals surface area (Å²) in [6, 6.07) is 12.1. The Morgan fingerprint density at radius 3 is 2.44 bits per heavy atom. The number of hydrogen-bond donors (Lipinski definition) is 1. The first-order valence-electron chi connectivity index (χ1n) is 8.42. The van der Waals surface area contributed by atoms with Gasteiger partial charge in [0.15, 0.2) is 11.6 Å². The zero-order valence-electron chi connectivity index (χ0n) is 14.7.